The van der Waals surface area contributed by atoms with Crippen LogP contribution in [-0.4, -0.2) is 26.3 Å². The van der Waals surface area contributed by atoms with Crippen LogP contribution < -0.4 is 10.5 Å². The number of aromatic nitrogens is 3. The fourth-order valence-corrected chi connectivity index (χ4v) is 3.69. The highest BCUT2D eigenvalue weighted by molar-refractivity contribution is 5.93. The average molecular weight is 482 g/mol. The van der Waals surface area contributed by atoms with Crippen LogP contribution in [0.4, 0.5) is 13.2 Å². The molecule has 2 aromatic heterocycles. The summed E-state index contributed by atoms with van der Waals surface area (Å²) in [6.45, 7) is 3.58. The Labute approximate surface area is 198 Å². The third kappa shape index (κ3) is 4.86. The lowest BCUT2D eigenvalue weighted by atomic mass is 9.90. The van der Waals surface area contributed by atoms with E-state index in [1.807, 2.05) is 0 Å². The molecule has 7 nitrogen and oxygen atoms in total. The van der Waals surface area contributed by atoms with Gasteiger partial charge in [0.1, 0.15) is 12.1 Å². The van der Waals surface area contributed by atoms with Crippen molar-refractivity contribution in [2.24, 2.45) is 11.7 Å². The van der Waals surface area contributed by atoms with Crippen LogP contribution in [0.25, 0.3) is 11.0 Å². The van der Waals surface area contributed by atoms with Gasteiger partial charge in [-0.05, 0) is 41.5 Å². The molecule has 0 spiro atoms. The summed E-state index contributed by atoms with van der Waals surface area (Å²) in [6, 6.07) is 12.4. The van der Waals surface area contributed by atoms with Gasteiger partial charge in [-0.15, -0.1) is 0 Å². The SMILES string of the molecule is CC(C)C(=O)n1ccc2c(Oc3ccc(C(C(N)=O)c4ccc(C(F)(F)F)cc4)cc3)ncnc21. The van der Waals surface area contributed by atoms with Crippen LogP contribution >= 0.6 is 0 Å². The minimum atomic E-state index is -4.48. The van der Waals surface area contributed by atoms with Crippen molar-refractivity contribution < 1.29 is 27.5 Å². The van der Waals surface area contributed by atoms with E-state index in [1.165, 1.54) is 23.0 Å². The number of halogens is 3. The summed E-state index contributed by atoms with van der Waals surface area (Å²) in [5.74, 6) is -1.34. The van der Waals surface area contributed by atoms with Crippen LogP contribution in [0.15, 0.2) is 67.1 Å². The Hall–Kier alpha value is -4.21. The molecule has 1 atom stereocenters. The number of amides is 1. The minimum absolute atomic E-state index is 0.116. The fraction of sp³-hybridized carbons (Fsp3) is 0.200. The van der Waals surface area contributed by atoms with Crippen molar-refractivity contribution in [1.82, 2.24) is 14.5 Å². The Morgan fingerprint density at radius 1 is 0.943 bits per heavy atom. The number of hydrogen-bond acceptors (Lipinski definition) is 5. The van der Waals surface area contributed by atoms with E-state index in [9.17, 15) is 22.8 Å². The number of benzene rings is 2. The van der Waals surface area contributed by atoms with Crippen molar-refractivity contribution in [2.75, 3.05) is 0 Å². The monoisotopic (exact) mass is 482 g/mol. The van der Waals surface area contributed by atoms with Gasteiger partial charge < -0.3 is 10.5 Å². The van der Waals surface area contributed by atoms with Gasteiger partial charge >= 0.3 is 6.18 Å². The highest BCUT2D eigenvalue weighted by Crippen LogP contribution is 2.33. The molecule has 35 heavy (non-hydrogen) atoms. The summed E-state index contributed by atoms with van der Waals surface area (Å²) in [5.41, 5.74) is 6.00. The number of rotatable bonds is 6. The Bertz CT molecular complexity index is 1380. The third-order valence-corrected chi connectivity index (χ3v) is 5.46. The van der Waals surface area contributed by atoms with Crippen molar-refractivity contribution in [1.29, 1.82) is 0 Å². The van der Waals surface area contributed by atoms with Gasteiger partial charge in [-0.25, -0.2) is 9.97 Å². The number of hydrogen-bond donors (Lipinski definition) is 1. The molecule has 2 aromatic carbocycles. The van der Waals surface area contributed by atoms with Crippen molar-refractivity contribution >= 4 is 22.8 Å². The van der Waals surface area contributed by atoms with Crippen molar-refractivity contribution in [3.63, 3.8) is 0 Å². The molecule has 0 aliphatic rings. The molecule has 2 heterocycles. The van der Waals surface area contributed by atoms with Gasteiger partial charge in [0.15, 0.2) is 5.65 Å². The molecule has 0 saturated heterocycles. The first-order chi connectivity index (χ1) is 16.6. The maximum atomic E-state index is 12.9. The lowest BCUT2D eigenvalue weighted by Gasteiger charge is -2.16. The van der Waals surface area contributed by atoms with Crippen LogP contribution in [0.1, 0.15) is 41.3 Å². The zero-order valence-electron chi connectivity index (χ0n) is 18.8. The molecule has 0 bridgehead atoms. The van der Waals surface area contributed by atoms with E-state index in [2.05, 4.69) is 9.97 Å². The Morgan fingerprint density at radius 3 is 2.09 bits per heavy atom. The van der Waals surface area contributed by atoms with Crippen molar-refractivity contribution in [3.05, 3.63) is 83.8 Å². The summed E-state index contributed by atoms with van der Waals surface area (Å²) < 4.78 is 45.9. The topological polar surface area (TPSA) is 100 Å². The summed E-state index contributed by atoms with van der Waals surface area (Å²) in [5, 5.41) is 0.547. The molecule has 1 unspecified atom stereocenters. The number of nitrogens with two attached hydrogens (primary N) is 1. The second-order valence-electron chi connectivity index (χ2n) is 8.22. The van der Waals surface area contributed by atoms with E-state index in [0.29, 0.717) is 27.9 Å². The molecular weight excluding hydrogens is 461 g/mol. The highest BCUT2D eigenvalue weighted by Gasteiger charge is 2.31. The van der Waals surface area contributed by atoms with Crippen LogP contribution in [0.5, 0.6) is 11.6 Å². The molecule has 10 heteroatoms. The van der Waals surface area contributed by atoms with Crippen molar-refractivity contribution in [3.8, 4) is 11.6 Å². The molecule has 0 fully saturated rings. The molecule has 0 aliphatic carbocycles. The standard InChI is InChI=1S/C25H21F3N4O3/c1-14(2)24(34)32-12-11-19-22(32)30-13-31-23(19)35-18-9-5-16(6-10-18)20(21(29)33)15-3-7-17(8-4-15)25(26,27)28/h3-14,20H,1-2H3,(H2,29,33). The van der Waals surface area contributed by atoms with E-state index < -0.39 is 23.6 Å². The number of ether oxygens (including phenoxy) is 1. The number of primary amides is 1. The zero-order chi connectivity index (χ0) is 25.3. The maximum Gasteiger partial charge on any atom is 0.416 e. The molecular formula is C25H21F3N4O3. The molecule has 2 N–H and O–H groups in total. The van der Waals surface area contributed by atoms with E-state index in [0.717, 1.165) is 12.1 Å². The number of fused-ring (bicyclic) bond motifs is 1. The number of alkyl halides is 3. The Kier molecular flexibility index (Phi) is 6.29. The van der Waals surface area contributed by atoms with Gasteiger partial charge in [-0.3, -0.25) is 14.2 Å². The highest BCUT2D eigenvalue weighted by atomic mass is 19.4. The average Bonchev–Trinajstić information content (AvgIpc) is 3.24. The van der Waals surface area contributed by atoms with E-state index in [4.69, 9.17) is 10.5 Å². The maximum absolute atomic E-state index is 12.9. The lowest BCUT2D eigenvalue weighted by Crippen LogP contribution is -2.22. The van der Waals surface area contributed by atoms with Crippen LogP contribution in [0.3, 0.4) is 0 Å². The summed E-state index contributed by atoms with van der Waals surface area (Å²) in [4.78, 5) is 32.9. The molecule has 0 aliphatic heterocycles. The molecule has 4 aromatic rings. The Morgan fingerprint density at radius 2 is 1.54 bits per heavy atom. The van der Waals surface area contributed by atoms with Gasteiger partial charge in [0.2, 0.25) is 17.7 Å². The summed E-state index contributed by atoms with van der Waals surface area (Å²) in [7, 11) is 0. The molecule has 4 rings (SSSR count). The first-order valence-electron chi connectivity index (χ1n) is 10.7. The molecule has 180 valence electrons. The number of carbonyl (C=O) groups is 2. The summed E-state index contributed by atoms with van der Waals surface area (Å²) >= 11 is 0. The molecule has 1 amide bonds. The van der Waals surface area contributed by atoms with Gasteiger partial charge in [0, 0.05) is 12.1 Å². The first-order valence-corrected chi connectivity index (χ1v) is 10.7. The smallest absolute Gasteiger partial charge is 0.416 e. The lowest BCUT2D eigenvalue weighted by molar-refractivity contribution is -0.137. The summed E-state index contributed by atoms with van der Waals surface area (Å²) in [6.07, 6.45) is -1.57. The van der Waals surface area contributed by atoms with E-state index in [-0.39, 0.29) is 17.7 Å². The van der Waals surface area contributed by atoms with E-state index >= 15 is 0 Å². The Balaban J connectivity index is 1.59. The van der Waals surface area contributed by atoms with Crippen LogP contribution in [0.2, 0.25) is 0 Å². The third-order valence-electron chi connectivity index (χ3n) is 5.46. The molecule has 0 saturated carbocycles. The van der Waals surface area contributed by atoms with E-state index in [1.54, 1.807) is 50.4 Å². The van der Waals surface area contributed by atoms with Gasteiger partial charge in [-0.2, -0.15) is 13.2 Å². The normalized spacial score (nSPS) is 12.6. The number of carbonyl (C=O) groups excluding carboxylic acids is 2. The molecule has 0 radical (unpaired) electrons. The fourth-order valence-electron chi connectivity index (χ4n) is 3.69. The van der Waals surface area contributed by atoms with Gasteiger partial charge in [-0.1, -0.05) is 38.1 Å². The minimum Gasteiger partial charge on any atom is -0.438 e. The quantitative estimate of drug-likeness (QED) is 0.409. The van der Waals surface area contributed by atoms with Crippen LogP contribution in [-0.2, 0) is 11.0 Å². The van der Waals surface area contributed by atoms with Gasteiger partial charge in [0.25, 0.3) is 0 Å². The largest absolute Gasteiger partial charge is 0.438 e. The number of nitrogens with zero attached hydrogens (tertiary/aromatic N) is 3. The zero-order valence-corrected chi connectivity index (χ0v) is 18.8. The predicted molar refractivity (Wildman–Crippen MR) is 122 cm³/mol. The van der Waals surface area contributed by atoms with Crippen molar-refractivity contribution in [2.45, 2.75) is 25.9 Å². The predicted octanol–water partition coefficient (Wildman–Crippen LogP) is 5.16. The van der Waals surface area contributed by atoms with Crippen LogP contribution in [0, 0.1) is 5.92 Å². The first kappa shape index (κ1) is 23.9. The van der Waals surface area contributed by atoms with Gasteiger partial charge in [0.05, 0.1) is 16.9 Å². The second-order valence-corrected chi connectivity index (χ2v) is 8.22. The second kappa shape index (κ2) is 9.21.